The van der Waals surface area contributed by atoms with Crippen LogP contribution in [0.15, 0.2) is 54.6 Å². The maximum absolute atomic E-state index is 12.3. The number of aliphatic carboxylic acids is 1. The second kappa shape index (κ2) is 9.05. The van der Waals surface area contributed by atoms with Crippen LogP contribution >= 0.6 is 0 Å². The lowest BCUT2D eigenvalue weighted by Gasteiger charge is -2.30. The Morgan fingerprint density at radius 2 is 1.70 bits per heavy atom. The topological polar surface area (TPSA) is 85.3 Å². The molecule has 2 aromatic rings. The van der Waals surface area contributed by atoms with E-state index in [4.69, 9.17) is 19.3 Å². The van der Waals surface area contributed by atoms with Gasteiger partial charge in [-0.05, 0) is 17.7 Å². The number of morpholine rings is 1. The minimum Gasteiger partial charge on any atom is -0.485 e. The number of carbonyl (C=O) groups excluding carboxylic acids is 1. The van der Waals surface area contributed by atoms with Crippen molar-refractivity contribution in [3.05, 3.63) is 60.2 Å². The Labute approximate surface area is 157 Å². The van der Waals surface area contributed by atoms with Gasteiger partial charge in [-0.3, -0.25) is 4.79 Å². The highest BCUT2D eigenvalue weighted by atomic mass is 16.5. The standard InChI is InChI=1S/C20H21NO6/c22-19(21-10-11-25-18(12-21)20(23)24)14-27-17-9-5-4-8-16(17)26-13-15-6-2-1-3-7-15/h1-9,18H,10-14H2,(H,23,24). The van der Waals surface area contributed by atoms with Crippen molar-refractivity contribution in [1.29, 1.82) is 0 Å². The van der Waals surface area contributed by atoms with Crippen molar-refractivity contribution in [2.45, 2.75) is 12.7 Å². The number of nitrogens with zero attached hydrogens (tertiary/aromatic N) is 1. The monoisotopic (exact) mass is 371 g/mol. The molecule has 1 atom stereocenters. The molecule has 1 aliphatic heterocycles. The summed E-state index contributed by atoms with van der Waals surface area (Å²) in [6.07, 6.45) is -0.996. The first kappa shape index (κ1) is 18.7. The lowest BCUT2D eigenvalue weighted by atomic mass is 10.2. The van der Waals surface area contributed by atoms with Crippen molar-refractivity contribution >= 4 is 11.9 Å². The van der Waals surface area contributed by atoms with Crippen LogP contribution in [0.5, 0.6) is 11.5 Å². The fraction of sp³-hybridized carbons (Fsp3) is 0.300. The van der Waals surface area contributed by atoms with E-state index in [9.17, 15) is 9.59 Å². The Bertz CT molecular complexity index is 779. The number of carbonyl (C=O) groups is 2. The Morgan fingerprint density at radius 1 is 1.04 bits per heavy atom. The zero-order valence-corrected chi connectivity index (χ0v) is 14.7. The van der Waals surface area contributed by atoms with E-state index in [1.807, 2.05) is 36.4 Å². The molecule has 0 spiro atoms. The first-order chi connectivity index (χ1) is 13.1. The van der Waals surface area contributed by atoms with Crippen molar-refractivity contribution < 1.29 is 28.9 Å². The lowest BCUT2D eigenvalue weighted by molar-refractivity contribution is -0.159. The van der Waals surface area contributed by atoms with Crippen LogP contribution in [0.1, 0.15) is 5.56 Å². The Kier molecular flexibility index (Phi) is 6.27. The summed E-state index contributed by atoms with van der Waals surface area (Å²) in [6.45, 7) is 0.748. The summed E-state index contributed by atoms with van der Waals surface area (Å²) >= 11 is 0. The fourth-order valence-corrected chi connectivity index (χ4v) is 2.68. The molecule has 1 unspecified atom stereocenters. The van der Waals surface area contributed by atoms with Crippen molar-refractivity contribution in [2.24, 2.45) is 0 Å². The van der Waals surface area contributed by atoms with Gasteiger partial charge in [0.25, 0.3) is 5.91 Å². The predicted octanol–water partition coefficient (Wildman–Crippen LogP) is 1.96. The average Bonchev–Trinajstić information content (AvgIpc) is 2.72. The number of benzene rings is 2. The van der Waals surface area contributed by atoms with E-state index in [-0.39, 0.29) is 25.7 Å². The summed E-state index contributed by atoms with van der Waals surface area (Å²) in [4.78, 5) is 24.8. The van der Waals surface area contributed by atoms with Crippen LogP contribution in [-0.4, -0.2) is 54.3 Å². The maximum atomic E-state index is 12.3. The molecule has 7 nitrogen and oxygen atoms in total. The number of rotatable bonds is 7. The number of hydrogen-bond acceptors (Lipinski definition) is 5. The van der Waals surface area contributed by atoms with E-state index < -0.39 is 12.1 Å². The molecule has 1 amide bonds. The fourth-order valence-electron chi connectivity index (χ4n) is 2.68. The van der Waals surface area contributed by atoms with E-state index in [1.54, 1.807) is 18.2 Å². The van der Waals surface area contributed by atoms with E-state index in [1.165, 1.54) is 4.90 Å². The summed E-state index contributed by atoms with van der Waals surface area (Å²) in [6, 6.07) is 16.9. The van der Waals surface area contributed by atoms with Crippen molar-refractivity contribution in [3.8, 4) is 11.5 Å². The normalized spacial score (nSPS) is 16.6. The summed E-state index contributed by atoms with van der Waals surface area (Å²) in [5.74, 6) is -0.361. The molecule has 1 saturated heterocycles. The third kappa shape index (κ3) is 5.21. The van der Waals surface area contributed by atoms with Gasteiger partial charge < -0.3 is 24.2 Å². The lowest BCUT2D eigenvalue weighted by Crippen LogP contribution is -2.49. The molecule has 1 heterocycles. The molecule has 1 N–H and O–H groups in total. The number of carboxylic acids is 1. The first-order valence-electron chi connectivity index (χ1n) is 8.64. The number of amides is 1. The number of hydrogen-bond donors (Lipinski definition) is 1. The molecule has 1 fully saturated rings. The quantitative estimate of drug-likeness (QED) is 0.801. The van der Waals surface area contributed by atoms with Crippen LogP contribution in [-0.2, 0) is 20.9 Å². The molecular weight excluding hydrogens is 350 g/mol. The number of para-hydroxylation sites is 2. The number of carboxylic acid groups (broad SMARTS) is 1. The van der Waals surface area contributed by atoms with E-state index in [2.05, 4.69) is 0 Å². The van der Waals surface area contributed by atoms with Gasteiger partial charge in [0.2, 0.25) is 0 Å². The maximum Gasteiger partial charge on any atom is 0.334 e. The predicted molar refractivity (Wildman–Crippen MR) is 96.7 cm³/mol. The van der Waals surface area contributed by atoms with E-state index in [0.717, 1.165) is 5.56 Å². The average molecular weight is 371 g/mol. The van der Waals surface area contributed by atoms with Crippen LogP contribution in [0.25, 0.3) is 0 Å². The molecule has 0 aliphatic carbocycles. The summed E-state index contributed by atoms with van der Waals surface area (Å²) in [5, 5.41) is 9.02. The van der Waals surface area contributed by atoms with Crippen LogP contribution in [0.3, 0.4) is 0 Å². The molecule has 27 heavy (non-hydrogen) atoms. The second-order valence-corrected chi connectivity index (χ2v) is 6.05. The van der Waals surface area contributed by atoms with Crippen LogP contribution in [0, 0.1) is 0 Å². The minimum atomic E-state index is -1.08. The zero-order chi connectivity index (χ0) is 19.1. The highest BCUT2D eigenvalue weighted by Crippen LogP contribution is 2.27. The van der Waals surface area contributed by atoms with Gasteiger partial charge in [-0.25, -0.2) is 4.79 Å². The van der Waals surface area contributed by atoms with Crippen molar-refractivity contribution in [3.63, 3.8) is 0 Å². The van der Waals surface area contributed by atoms with E-state index >= 15 is 0 Å². The van der Waals surface area contributed by atoms with Gasteiger partial charge in [0.05, 0.1) is 13.2 Å². The third-order valence-corrected chi connectivity index (χ3v) is 4.13. The Morgan fingerprint density at radius 3 is 2.41 bits per heavy atom. The minimum absolute atomic E-state index is 0.0175. The molecular formula is C20H21NO6. The molecule has 0 bridgehead atoms. The largest absolute Gasteiger partial charge is 0.485 e. The van der Waals surface area contributed by atoms with Gasteiger partial charge in [0.1, 0.15) is 6.61 Å². The van der Waals surface area contributed by atoms with Crippen molar-refractivity contribution in [1.82, 2.24) is 4.90 Å². The Balaban J connectivity index is 1.56. The molecule has 0 aromatic heterocycles. The SMILES string of the molecule is O=C(O)C1CN(C(=O)COc2ccccc2OCc2ccccc2)CCO1. The van der Waals surface area contributed by atoms with Crippen molar-refractivity contribution in [2.75, 3.05) is 26.3 Å². The molecule has 142 valence electrons. The molecule has 0 radical (unpaired) electrons. The van der Waals surface area contributed by atoms with Gasteiger partial charge >= 0.3 is 5.97 Å². The van der Waals surface area contributed by atoms with Crippen LogP contribution in [0.4, 0.5) is 0 Å². The molecule has 1 aliphatic rings. The van der Waals surface area contributed by atoms with Gasteiger partial charge in [-0.1, -0.05) is 42.5 Å². The molecule has 3 rings (SSSR count). The second-order valence-electron chi connectivity index (χ2n) is 6.05. The molecule has 0 saturated carbocycles. The molecule has 2 aromatic carbocycles. The molecule has 7 heteroatoms. The first-order valence-corrected chi connectivity index (χ1v) is 8.64. The highest BCUT2D eigenvalue weighted by Gasteiger charge is 2.29. The van der Waals surface area contributed by atoms with Gasteiger partial charge in [0, 0.05) is 6.54 Å². The third-order valence-electron chi connectivity index (χ3n) is 4.13. The zero-order valence-electron chi connectivity index (χ0n) is 14.7. The van der Waals surface area contributed by atoms with Gasteiger partial charge in [-0.2, -0.15) is 0 Å². The smallest absolute Gasteiger partial charge is 0.334 e. The van der Waals surface area contributed by atoms with E-state index in [0.29, 0.717) is 24.7 Å². The van der Waals surface area contributed by atoms with Crippen LogP contribution in [0.2, 0.25) is 0 Å². The Hall–Kier alpha value is -3.06. The van der Waals surface area contributed by atoms with Gasteiger partial charge in [-0.15, -0.1) is 0 Å². The van der Waals surface area contributed by atoms with Gasteiger partial charge in [0.15, 0.2) is 24.2 Å². The highest BCUT2D eigenvalue weighted by molar-refractivity contribution is 5.80. The number of ether oxygens (including phenoxy) is 3. The summed E-state index contributed by atoms with van der Waals surface area (Å²) in [5.41, 5.74) is 1.02. The van der Waals surface area contributed by atoms with Crippen LogP contribution < -0.4 is 9.47 Å². The summed E-state index contributed by atoms with van der Waals surface area (Å²) < 4.78 is 16.6. The summed E-state index contributed by atoms with van der Waals surface area (Å²) in [7, 11) is 0.